The third-order valence-corrected chi connectivity index (χ3v) is 4.57. The number of hydrogen-bond donors (Lipinski definition) is 0. The van der Waals surface area contributed by atoms with Crippen LogP contribution in [0, 0.1) is 5.82 Å². The molecule has 1 aliphatic heterocycles. The molecule has 1 aliphatic rings. The molecule has 2 rings (SSSR count). The molecule has 0 saturated carbocycles. The van der Waals surface area contributed by atoms with Crippen molar-refractivity contribution in [3.8, 4) is 5.75 Å². The van der Waals surface area contributed by atoms with E-state index in [0.717, 1.165) is 0 Å². The number of carbonyl (C=O) groups is 1. The third-order valence-electron chi connectivity index (χ3n) is 4.57. The highest BCUT2D eigenvalue weighted by Crippen LogP contribution is 2.37. The van der Waals surface area contributed by atoms with Crippen LogP contribution in [-0.2, 0) is 25.3 Å². The fraction of sp³-hybridized carbons (Fsp3) is 0.588. The van der Waals surface area contributed by atoms with Crippen LogP contribution in [0.5, 0.6) is 5.75 Å². The van der Waals surface area contributed by atoms with E-state index in [0.29, 0.717) is 5.56 Å². The van der Waals surface area contributed by atoms with Gasteiger partial charge in [-0.1, -0.05) is 12.1 Å². The molecule has 1 fully saturated rings. The third kappa shape index (κ3) is 3.42. The molecular formula is C17H24BFO5. The second-order valence-corrected chi connectivity index (χ2v) is 6.73. The van der Waals surface area contributed by atoms with E-state index in [1.165, 1.54) is 7.11 Å². The van der Waals surface area contributed by atoms with Gasteiger partial charge in [-0.2, -0.15) is 0 Å². The van der Waals surface area contributed by atoms with Gasteiger partial charge in [-0.05, 0) is 34.6 Å². The fourth-order valence-corrected chi connectivity index (χ4v) is 2.43. The average Bonchev–Trinajstić information content (AvgIpc) is 2.70. The number of esters is 1. The molecule has 0 unspecified atom stereocenters. The molecule has 1 heterocycles. The summed E-state index contributed by atoms with van der Waals surface area (Å²) in [6, 6.07) is 3.21. The highest BCUT2D eigenvalue weighted by atomic mass is 19.1. The van der Waals surface area contributed by atoms with Crippen LogP contribution in [-0.4, -0.2) is 38.0 Å². The summed E-state index contributed by atoms with van der Waals surface area (Å²) in [7, 11) is 0.457. The van der Waals surface area contributed by atoms with Crippen LogP contribution in [0.25, 0.3) is 0 Å². The normalized spacial score (nSPS) is 18.5. The SMILES string of the molecule is CCOc1c(CC(=O)OC)ccc(B2OC(C)(C)C(C)(C)O2)c1F. The molecule has 24 heavy (non-hydrogen) atoms. The molecule has 0 bridgehead atoms. The molecule has 0 N–H and O–H groups in total. The molecule has 0 aromatic heterocycles. The maximum Gasteiger partial charge on any atom is 0.497 e. The van der Waals surface area contributed by atoms with Gasteiger partial charge in [-0.3, -0.25) is 4.79 Å². The fourth-order valence-electron chi connectivity index (χ4n) is 2.43. The standard InChI is InChI=1S/C17H24BFO5/c1-7-22-15-11(10-13(20)21-6)8-9-12(14(15)19)18-23-16(2,3)17(4,5)24-18/h8-9H,7,10H2,1-6H3. The summed E-state index contributed by atoms with van der Waals surface area (Å²) in [4.78, 5) is 11.5. The Morgan fingerprint density at radius 3 is 2.29 bits per heavy atom. The van der Waals surface area contributed by atoms with Crippen molar-refractivity contribution in [3.63, 3.8) is 0 Å². The number of hydrogen-bond acceptors (Lipinski definition) is 5. The Morgan fingerprint density at radius 2 is 1.79 bits per heavy atom. The highest BCUT2D eigenvalue weighted by Gasteiger charge is 2.52. The zero-order chi connectivity index (χ0) is 18.1. The summed E-state index contributed by atoms with van der Waals surface area (Å²) < 4.78 is 36.9. The van der Waals surface area contributed by atoms with Gasteiger partial charge >= 0.3 is 13.1 Å². The van der Waals surface area contributed by atoms with Gasteiger partial charge in [0, 0.05) is 11.0 Å². The molecule has 7 heteroatoms. The van der Waals surface area contributed by atoms with Crippen LogP contribution in [0.4, 0.5) is 4.39 Å². The molecule has 0 atom stereocenters. The molecule has 5 nitrogen and oxygen atoms in total. The van der Waals surface area contributed by atoms with Gasteiger partial charge in [0.05, 0.1) is 31.3 Å². The van der Waals surface area contributed by atoms with Crippen LogP contribution in [0.2, 0.25) is 0 Å². The minimum absolute atomic E-state index is 0.0371. The van der Waals surface area contributed by atoms with Crippen LogP contribution in [0.3, 0.4) is 0 Å². The van der Waals surface area contributed by atoms with Crippen molar-refractivity contribution in [2.24, 2.45) is 0 Å². The van der Waals surface area contributed by atoms with E-state index in [4.69, 9.17) is 14.0 Å². The quantitative estimate of drug-likeness (QED) is 0.609. The Labute approximate surface area is 142 Å². The minimum Gasteiger partial charge on any atom is -0.491 e. The lowest BCUT2D eigenvalue weighted by molar-refractivity contribution is -0.139. The van der Waals surface area contributed by atoms with Crippen LogP contribution in [0.1, 0.15) is 40.2 Å². The lowest BCUT2D eigenvalue weighted by Crippen LogP contribution is -2.41. The van der Waals surface area contributed by atoms with Crippen molar-refractivity contribution in [2.75, 3.05) is 13.7 Å². The first-order valence-corrected chi connectivity index (χ1v) is 7.99. The first kappa shape index (κ1) is 18.7. The summed E-state index contributed by atoms with van der Waals surface area (Å²) in [5.41, 5.74) is -0.451. The lowest BCUT2D eigenvalue weighted by Gasteiger charge is -2.32. The van der Waals surface area contributed by atoms with Crippen molar-refractivity contribution in [1.82, 2.24) is 0 Å². The predicted octanol–water partition coefficient (Wildman–Crippen LogP) is 2.24. The van der Waals surface area contributed by atoms with Crippen LogP contribution < -0.4 is 10.2 Å². The lowest BCUT2D eigenvalue weighted by atomic mass is 9.78. The number of ether oxygens (including phenoxy) is 2. The smallest absolute Gasteiger partial charge is 0.491 e. The summed E-state index contributed by atoms with van der Waals surface area (Å²) in [6.07, 6.45) is -0.0631. The summed E-state index contributed by atoms with van der Waals surface area (Å²) >= 11 is 0. The number of halogens is 1. The Hall–Kier alpha value is -1.60. The highest BCUT2D eigenvalue weighted by molar-refractivity contribution is 6.62. The largest absolute Gasteiger partial charge is 0.497 e. The number of methoxy groups -OCH3 is 1. The molecule has 1 aromatic carbocycles. The predicted molar refractivity (Wildman–Crippen MR) is 89.0 cm³/mol. The van der Waals surface area contributed by atoms with Gasteiger partial charge in [-0.15, -0.1) is 0 Å². The zero-order valence-corrected chi connectivity index (χ0v) is 15.1. The van der Waals surface area contributed by atoms with Gasteiger partial charge in [-0.25, -0.2) is 4.39 Å². The number of rotatable bonds is 5. The van der Waals surface area contributed by atoms with Gasteiger partial charge in [0.2, 0.25) is 0 Å². The first-order chi connectivity index (χ1) is 11.1. The Bertz CT molecular complexity index is 614. The van der Waals surface area contributed by atoms with Gasteiger partial charge < -0.3 is 18.8 Å². The summed E-state index contributed by atoms with van der Waals surface area (Å²) in [5.74, 6) is -0.995. The molecule has 0 radical (unpaired) electrons. The van der Waals surface area contributed by atoms with Crippen molar-refractivity contribution in [1.29, 1.82) is 0 Å². The molecule has 0 spiro atoms. The topological polar surface area (TPSA) is 54.0 Å². The molecule has 0 aliphatic carbocycles. The number of benzene rings is 1. The minimum atomic E-state index is -0.832. The second kappa shape index (κ2) is 6.72. The molecule has 132 valence electrons. The zero-order valence-electron chi connectivity index (χ0n) is 15.1. The van der Waals surface area contributed by atoms with E-state index in [2.05, 4.69) is 4.74 Å². The van der Waals surface area contributed by atoms with Gasteiger partial charge in [0.15, 0.2) is 11.6 Å². The van der Waals surface area contributed by atoms with Crippen LogP contribution in [0.15, 0.2) is 12.1 Å². The van der Waals surface area contributed by atoms with E-state index >= 15 is 0 Å². The molecule has 0 amide bonds. The average molecular weight is 338 g/mol. The Morgan fingerprint density at radius 1 is 1.21 bits per heavy atom. The Kier molecular flexibility index (Phi) is 5.25. The molecular weight excluding hydrogens is 314 g/mol. The van der Waals surface area contributed by atoms with E-state index in [1.54, 1.807) is 19.1 Å². The second-order valence-electron chi connectivity index (χ2n) is 6.73. The van der Waals surface area contributed by atoms with Crippen molar-refractivity contribution in [2.45, 2.75) is 52.2 Å². The Balaban J connectivity index is 2.39. The monoisotopic (exact) mass is 338 g/mol. The van der Waals surface area contributed by atoms with E-state index < -0.39 is 30.1 Å². The van der Waals surface area contributed by atoms with Gasteiger partial charge in [0.1, 0.15) is 0 Å². The maximum absolute atomic E-state index is 15.0. The molecule has 1 saturated heterocycles. The number of carbonyl (C=O) groups excluding carboxylic acids is 1. The summed E-state index contributed by atoms with van der Waals surface area (Å²) in [5, 5.41) is 0. The van der Waals surface area contributed by atoms with E-state index in [-0.39, 0.29) is 24.2 Å². The van der Waals surface area contributed by atoms with Gasteiger partial charge in [0.25, 0.3) is 0 Å². The summed E-state index contributed by atoms with van der Waals surface area (Å²) in [6.45, 7) is 9.64. The first-order valence-electron chi connectivity index (χ1n) is 7.99. The van der Waals surface area contributed by atoms with Crippen LogP contribution >= 0.6 is 0 Å². The van der Waals surface area contributed by atoms with Crippen molar-refractivity contribution < 1.29 is 28.0 Å². The van der Waals surface area contributed by atoms with E-state index in [1.807, 2.05) is 27.7 Å². The van der Waals surface area contributed by atoms with Crippen molar-refractivity contribution in [3.05, 3.63) is 23.5 Å². The van der Waals surface area contributed by atoms with Crippen molar-refractivity contribution >= 4 is 18.6 Å². The maximum atomic E-state index is 15.0. The van der Waals surface area contributed by atoms with E-state index in [9.17, 15) is 9.18 Å². The molecule has 1 aromatic rings.